The van der Waals surface area contributed by atoms with E-state index in [1.54, 1.807) is 13.8 Å². The van der Waals surface area contributed by atoms with Crippen LogP contribution in [0.2, 0.25) is 0 Å². The fourth-order valence-electron chi connectivity index (χ4n) is 4.42. The van der Waals surface area contributed by atoms with Gasteiger partial charge in [-0.15, -0.1) is 0 Å². The predicted molar refractivity (Wildman–Crippen MR) is 147 cm³/mol. The largest absolute Gasteiger partial charge is 0.452 e. The zero-order chi connectivity index (χ0) is 29.3. The van der Waals surface area contributed by atoms with E-state index in [1.807, 2.05) is 0 Å². The van der Waals surface area contributed by atoms with Crippen molar-refractivity contribution in [1.82, 2.24) is 15.0 Å². The third kappa shape index (κ3) is 5.52. The Labute approximate surface area is 231 Å². The lowest BCUT2D eigenvalue weighted by Crippen LogP contribution is -2.27. The van der Waals surface area contributed by atoms with Crippen molar-refractivity contribution in [2.45, 2.75) is 20.5 Å². The molecule has 208 valence electrons. The molecule has 41 heavy (non-hydrogen) atoms. The minimum absolute atomic E-state index is 0.0471. The molecule has 0 unspecified atom stereocenters. The van der Waals surface area contributed by atoms with E-state index >= 15 is 4.39 Å². The van der Waals surface area contributed by atoms with Gasteiger partial charge in [-0.1, -0.05) is 12.1 Å². The number of fused-ring (bicyclic) bond motifs is 1. The number of carbonyl (C=O) groups is 1. The van der Waals surface area contributed by atoms with Gasteiger partial charge in [-0.3, -0.25) is 14.6 Å². The Balaban J connectivity index is 1.45. The smallest absolute Gasteiger partial charge is 0.261 e. The number of ether oxygens (including phenoxy) is 2. The summed E-state index contributed by atoms with van der Waals surface area (Å²) in [6, 6.07) is 11.9. The average Bonchev–Trinajstić information content (AvgIpc) is 2.92. The number of pyridine rings is 3. The summed E-state index contributed by atoms with van der Waals surface area (Å²) in [5.41, 5.74) is 1.31. The Morgan fingerprint density at radius 1 is 1.00 bits per heavy atom. The Hall–Kier alpha value is -5.03. The van der Waals surface area contributed by atoms with E-state index in [1.165, 1.54) is 61.8 Å². The van der Waals surface area contributed by atoms with Crippen molar-refractivity contribution in [3.05, 3.63) is 111 Å². The van der Waals surface area contributed by atoms with Crippen LogP contribution in [0.1, 0.15) is 27.3 Å². The Morgan fingerprint density at radius 3 is 2.46 bits per heavy atom. The van der Waals surface area contributed by atoms with E-state index in [2.05, 4.69) is 20.3 Å². The van der Waals surface area contributed by atoms with Crippen molar-refractivity contribution in [2.24, 2.45) is 0 Å². The number of hydrogen-bond donors (Lipinski definition) is 2. The number of halogens is 3. The SMILES string of the molecule is COCc1[nH]c(C)c(-c2ccc(F)cc2)c(=O)c1C(=O)Nc1ccc(Oc2ccnc3cc(C)c(F)nc23)c(F)c1. The van der Waals surface area contributed by atoms with Gasteiger partial charge in [0.1, 0.15) is 16.9 Å². The van der Waals surface area contributed by atoms with E-state index in [0.29, 0.717) is 22.3 Å². The van der Waals surface area contributed by atoms with E-state index in [4.69, 9.17) is 9.47 Å². The molecule has 0 atom stereocenters. The second-order valence-electron chi connectivity index (χ2n) is 9.22. The zero-order valence-electron chi connectivity index (χ0n) is 22.1. The standard InChI is InChI=1S/C30H23F3N4O4/c1-15-12-21-27(37-29(15)33)24(10-11-34-21)41-23-9-8-19(13-20(23)32)36-30(39)26-22(14-40-3)35-16(2)25(28(26)38)17-4-6-18(31)7-5-17/h4-13H,14H2,1-3H3,(H,35,38)(H,36,39). The molecule has 11 heteroatoms. The van der Waals surface area contributed by atoms with Crippen molar-refractivity contribution in [2.75, 3.05) is 12.4 Å². The summed E-state index contributed by atoms with van der Waals surface area (Å²) in [5, 5.41) is 2.54. The molecule has 0 saturated heterocycles. The molecule has 0 aliphatic rings. The molecule has 0 fully saturated rings. The minimum Gasteiger partial charge on any atom is -0.452 e. The van der Waals surface area contributed by atoms with Gasteiger partial charge in [0.05, 0.1) is 17.8 Å². The molecular weight excluding hydrogens is 537 g/mol. The van der Waals surface area contributed by atoms with Crippen LogP contribution < -0.4 is 15.5 Å². The van der Waals surface area contributed by atoms with Crippen molar-refractivity contribution in [3.63, 3.8) is 0 Å². The Bertz CT molecular complexity index is 1860. The maximum atomic E-state index is 15.1. The highest BCUT2D eigenvalue weighted by atomic mass is 19.1. The number of hydrogen-bond acceptors (Lipinski definition) is 6. The van der Waals surface area contributed by atoms with Crippen LogP contribution in [0.15, 0.2) is 65.6 Å². The van der Waals surface area contributed by atoms with Crippen LogP contribution in [0.5, 0.6) is 11.5 Å². The zero-order valence-corrected chi connectivity index (χ0v) is 22.1. The van der Waals surface area contributed by atoms with E-state index in [0.717, 1.165) is 6.07 Å². The fraction of sp³-hybridized carbons (Fsp3) is 0.133. The lowest BCUT2D eigenvalue weighted by molar-refractivity contribution is 0.101. The minimum atomic E-state index is -0.831. The third-order valence-electron chi connectivity index (χ3n) is 6.33. The lowest BCUT2D eigenvalue weighted by Gasteiger charge is -2.15. The Kier molecular flexibility index (Phi) is 7.54. The summed E-state index contributed by atoms with van der Waals surface area (Å²) < 4.78 is 53.5. The molecule has 3 aromatic heterocycles. The van der Waals surface area contributed by atoms with Crippen LogP contribution in [0.4, 0.5) is 18.9 Å². The fourth-order valence-corrected chi connectivity index (χ4v) is 4.42. The normalized spacial score (nSPS) is 11.1. The molecular formula is C30H23F3N4O4. The number of benzene rings is 2. The van der Waals surface area contributed by atoms with E-state index in [-0.39, 0.29) is 46.1 Å². The molecule has 0 radical (unpaired) electrons. The first kappa shape index (κ1) is 27.5. The number of rotatable bonds is 7. The van der Waals surface area contributed by atoms with Gasteiger partial charge in [0.25, 0.3) is 5.91 Å². The molecule has 0 bridgehead atoms. The molecule has 5 aromatic rings. The van der Waals surface area contributed by atoms with Crippen LogP contribution in [-0.2, 0) is 11.3 Å². The number of methoxy groups -OCH3 is 1. The second-order valence-corrected chi connectivity index (χ2v) is 9.22. The van der Waals surface area contributed by atoms with Crippen LogP contribution in [0, 0.1) is 31.4 Å². The first-order valence-corrected chi connectivity index (χ1v) is 12.4. The van der Waals surface area contributed by atoms with Crippen molar-refractivity contribution < 1.29 is 27.4 Å². The number of H-pyrrole nitrogens is 1. The lowest BCUT2D eigenvalue weighted by atomic mass is 9.99. The molecule has 5 rings (SSSR count). The highest BCUT2D eigenvalue weighted by molar-refractivity contribution is 6.05. The number of aromatic nitrogens is 3. The maximum Gasteiger partial charge on any atom is 0.261 e. The predicted octanol–water partition coefficient (Wildman–Crippen LogP) is 6.21. The van der Waals surface area contributed by atoms with Gasteiger partial charge in [0.15, 0.2) is 17.3 Å². The molecule has 0 saturated carbocycles. The number of nitrogens with one attached hydrogen (secondary N) is 2. The highest BCUT2D eigenvalue weighted by Crippen LogP contribution is 2.31. The number of amides is 1. The molecule has 3 heterocycles. The van der Waals surface area contributed by atoms with Crippen molar-refractivity contribution >= 4 is 22.6 Å². The molecule has 1 amide bonds. The van der Waals surface area contributed by atoms with Crippen LogP contribution >= 0.6 is 0 Å². The summed E-state index contributed by atoms with van der Waals surface area (Å²) >= 11 is 0. The molecule has 2 N–H and O–H groups in total. The molecule has 0 aliphatic heterocycles. The van der Waals surface area contributed by atoms with Gasteiger partial charge in [-0.2, -0.15) is 4.39 Å². The molecule has 8 nitrogen and oxygen atoms in total. The van der Waals surface area contributed by atoms with Crippen LogP contribution in [0.3, 0.4) is 0 Å². The molecule has 0 aliphatic carbocycles. The van der Waals surface area contributed by atoms with Gasteiger partial charge in [0, 0.05) is 47.9 Å². The summed E-state index contributed by atoms with van der Waals surface area (Å²) in [7, 11) is 1.41. The average molecular weight is 561 g/mol. The second kappa shape index (κ2) is 11.2. The molecule has 2 aromatic carbocycles. The maximum absolute atomic E-state index is 15.1. The van der Waals surface area contributed by atoms with E-state index in [9.17, 15) is 18.4 Å². The van der Waals surface area contributed by atoms with Gasteiger partial charge in [-0.05, 0) is 49.7 Å². The quantitative estimate of drug-likeness (QED) is 0.229. The first-order chi connectivity index (χ1) is 19.7. The summed E-state index contributed by atoms with van der Waals surface area (Å²) in [4.78, 5) is 37.9. The third-order valence-corrected chi connectivity index (χ3v) is 6.33. The van der Waals surface area contributed by atoms with Gasteiger partial charge >= 0.3 is 0 Å². The Morgan fingerprint density at radius 2 is 1.76 bits per heavy atom. The number of carbonyl (C=O) groups excluding carboxylic acids is 1. The summed E-state index contributed by atoms with van der Waals surface area (Å²) in [5.74, 6) is -2.91. The highest BCUT2D eigenvalue weighted by Gasteiger charge is 2.23. The summed E-state index contributed by atoms with van der Waals surface area (Å²) in [6.07, 6.45) is 1.43. The summed E-state index contributed by atoms with van der Waals surface area (Å²) in [6.45, 7) is 3.14. The van der Waals surface area contributed by atoms with Crippen LogP contribution in [0.25, 0.3) is 22.2 Å². The topological polar surface area (TPSA) is 106 Å². The van der Waals surface area contributed by atoms with Gasteiger partial charge in [-0.25, -0.2) is 13.8 Å². The number of anilines is 1. The monoisotopic (exact) mass is 560 g/mol. The van der Waals surface area contributed by atoms with Gasteiger partial charge in [0.2, 0.25) is 11.4 Å². The molecule has 0 spiro atoms. The number of aromatic amines is 1. The van der Waals surface area contributed by atoms with Gasteiger partial charge < -0.3 is 19.8 Å². The number of aryl methyl sites for hydroxylation is 2. The number of nitrogens with zero attached hydrogens (tertiary/aromatic N) is 2. The van der Waals surface area contributed by atoms with Crippen LogP contribution in [-0.4, -0.2) is 28.0 Å². The van der Waals surface area contributed by atoms with Crippen molar-refractivity contribution in [1.29, 1.82) is 0 Å². The first-order valence-electron chi connectivity index (χ1n) is 12.4. The van der Waals surface area contributed by atoms with Crippen molar-refractivity contribution in [3.8, 4) is 22.6 Å². The van der Waals surface area contributed by atoms with E-state index < -0.39 is 28.9 Å².